The van der Waals surface area contributed by atoms with Crippen LogP contribution in [0.4, 0.5) is 0 Å². The lowest BCUT2D eigenvalue weighted by molar-refractivity contribution is -0.184. The van der Waals surface area contributed by atoms with Crippen LogP contribution >= 0.6 is 0 Å². The molecule has 2 N–H and O–H groups in total. The van der Waals surface area contributed by atoms with Gasteiger partial charge in [0, 0.05) is 25.5 Å². The van der Waals surface area contributed by atoms with Gasteiger partial charge in [0.2, 0.25) is 0 Å². The Morgan fingerprint density at radius 2 is 2.13 bits per heavy atom. The van der Waals surface area contributed by atoms with Crippen molar-refractivity contribution in [2.45, 2.75) is 56.4 Å². The molecule has 0 unspecified atom stereocenters. The topological polar surface area (TPSA) is 58.9 Å². The van der Waals surface area contributed by atoms with E-state index in [0.29, 0.717) is 6.61 Å². The van der Waals surface area contributed by atoms with E-state index >= 15 is 0 Å². The van der Waals surface area contributed by atoms with E-state index in [2.05, 4.69) is 20.9 Å². The molecule has 6 nitrogen and oxygen atoms in total. The number of likely N-dealkylation sites (tertiary alicyclic amines) is 1. The normalized spacial score (nSPS) is 38.1. The molecule has 3 saturated heterocycles. The van der Waals surface area contributed by atoms with Gasteiger partial charge in [-0.2, -0.15) is 0 Å². The Bertz CT molecular complexity index is 529. The molecule has 3 aliphatic heterocycles. The maximum Gasteiger partial charge on any atom is 0.176 e. The largest absolute Gasteiger partial charge is 0.390 e. The summed E-state index contributed by atoms with van der Waals surface area (Å²) in [6.07, 6.45) is 4.92. The molecule has 23 heavy (non-hydrogen) atoms. The van der Waals surface area contributed by atoms with E-state index in [1.54, 1.807) is 0 Å². The first-order valence-electron chi connectivity index (χ1n) is 8.77. The Morgan fingerprint density at radius 3 is 2.87 bits per heavy atom. The number of rotatable bonds is 4. The monoisotopic (exact) mass is 321 g/mol. The third kappa shape index (κ3) is 2.94. The van der Waals surface area contributed by atoms with Crippen molar-refractivity contribution in [3.63, 3.8) is 0 Å². The summed E-state index contributed by atoms with van der Waals surface area (Å²) >= 11 is 0. The molecule has 4 heterocycles. The predicted molar refractivity (Wildman–Crippen MR) is 85.9 cm³/mol. The first-order valence-corrected chi connectivity index (χ1v) is 8.77. The molecule has 0 aliphatic carbocycles. The first-order chi connectivity index (χ1) is 11.2. The molecule has 0 saturated carbocycles. The van der Waals surface area contributed by atoms with E-state index in [1.807, 2.05) is 19.3 Å². The van der Waals surface area contributed by atoms with Gasteiger partial charge in [0.1, 0.15) is 6.10 Å². The molecule has 5 atom stereocenters. The zero-order chi connectivity index (χ0) is 15.8. The van der Waals surface area contributed by atoms with E-state index < -0.39 is 6.10 Å². The molecule has 0 spiro atoms. The Morgan fingerprint density at radius 1 is 1.30 bits per heavy atom. The zero-order valence-corrected chi connectivity index (χ0v) is 13.7. The standard InChI is InChI=1S/C17H27N3O3/c1-19-7-5-6-12(19)10-18-14-13-11-22-17(23-13)15(16(14)21)20-8-3-2-4-9-20/h5-7,13-18,21H,2-4,8-11H2,1H3/t13-,14-,15+,16-,17+/m0/s1. The molecule has 6 heteroatoms. The number of aromatic nitrogens is 1. The summed E-state index contributed by atoms with van der Waals surface area (Å²) in [5, 5.41) is 14.5. The highest BCUT2D eigenvalue weighted by atomic mass is 16.7. The van der Waals surface area contributed by atoms with Crippen molar-refractivity contribution in [1.82, 2.24) is 14.8 Å². The lowest BCUT2D eigenvalue weighted by Gasteiger charge is -2.45. The number of fused-ring (bicyclic) bond motifs is 2. The van der Waals surface area contributed by atoms with Gasteiger partial charge in [-0.25, -0.2) is 0 Å². The lowest BCUT2D eigenvalue weighted by atomic mass is 9.93. The molecule has 3 aliphatic rings. The van der Waals surface area contributed by atoms with E-state index in [-0.39, 0.29) is 24.5 Å². The lowest BCUT2D eigenvalue weighted by Crippen LogP contribution is -2.64. The van der Waals surface area contributed by atoms with Crippen LogP contribution in [0.15, 0.2) is 18.3 Å². The highest BCUT2D eigenvalue weighted by Crippen LogP contribution is 2.32. The summed E-state index contributed by atoms with van der Waals surface area (Å²) in [4.78, 5) is 2.36. The van der Waals surface area contributed by atoms with E-state index in [4.69, 9.17) is 9.47 Å². The van der Waals surface area contributed by atoms with E-state index in [0.717, 1.165) is 19.6 Å². The summed E-state index contributed by atoms with van der Waals surface area (Å²) in [6.45, 7) is 3.35. The summed E-state index contributed by atoms with van der Waals surface area (Å²) in [5.41, 5.74) is 1.20. The second kappa shape index (κ2) is 6.53. The van der Waals surface area contributed by atoms with Gasteiger partial charge in [-0.1, -0.05) is 6.42 Å². The first kappa shape index (κ1) is 15.6. The quantitative estimate of drug-likeness (QED) is 0.843. The van der Waals surface area contributed by atoms with Crippen LogP contribution in [0.1, 0.15) is 25.0 Å². The van der Waals surface area contributed by atoms with Crippen LogP contribution in [0, 0.1) is 0 Å². The van der Waals surface area contributed by atoms with Gasteiger partial charge < -0.3 is 24.5 Å². The van der Waals surface area contributed by atoms with Crippen LogP contribution in [0.25, 0.3) is 0 Å². The minimum Gasteiger partial charge on any atom is -0.390 e. The fourth-order valence-corrected chi connectivity index (χ4v) is 4.16. The highest BCUT2D eigenvalue weighted by molar-refractivity contribution is 5.08. The molecule has 3 fully saturated rings. The van der Waals surface area contributed by atoms with Gasteiger partial charge in [0.15, 0.2) is 6.29 Å². The van der Waals surface area contributed by atoms with Crippen molar-refractivity contribution in [3.8, 4) is 0 Å². The van der Waals surface area contributed by atoms with Crippen LogP contribution in [-0.2, 0) is 23.1 Å². The summed E-state index contributed by atoms with van der Waals surface area (Å²) in [6, 6.07) is 3.99. The number of aliphatic hydroxyl groups excluding tert-OH is 1. The number of nitrogens with one attached hydrogen (secondary N) is 1. The van der Waals surface area contributed by atoms with Gasteiger partial charge in [-0.05, 0) is 38.1 Å². The maximum absolute atomic E-state index is 11.0. The van der Waals surface area contributed by atoms with Crippen LogP contribution in [0.2, 0.25) is 0 Å². The number of hydrogen-bond donors (Lipinski definition) is 2. The molecule has 0 aromatic carbocycles. The van der Waals surface area contributed by atoms with Gasteiger partial charge in [0.05, 0.1) is 24.8 Å². The fourth-order valence-electron chi connectivity index (χ4n) is 4.16. The predicted octanol–water partition coefficient (Wildman–Crippen LogP) is 0.454. The Labute approximate surface area is 137 Å². The smallest absolute Gasteiger partial charge is 0.176 e. The van der Waals surface area contributed by atoms with Crippen molar-refractivity contribution in [2.75, 3.05) is 19.7 Å². The van der Waals surface area contributed by atoms with Crippen molar-refractivity contribution < 1.29 is 14.6 Å². The molecule has 2 bridgehead atoms. The van der Waals surface area contributed by atoms with Gasteiger partial charge in [0.25, 0.3) is 0 Å². The second-order valence-corrected chi connectivity index (χ2v) is 6.97. The number of aryl methyl sites for hydroxylation is 1. The third-order valence-electron chi connectivity index (χ3n) is 5.51. The molecule has 128 valence electrons. The van der Waals surface area contributed by atoms with E-state index in [1.165, 1.54) is 25.0 Å². The Hall–Kier alpha value is -0.920. The summed E-state index contributed by atoms with van der Waals surface area (Å²) < 4.78 is 14.0. The average Bonchev–Trinajstić information content (AvgIpc) is 3.16. The van der Waals surface area contributed by atoms with Gasteiger partial charge in [-0.15, -0.1) is 0 Å². The maximum atomic E-state index is 11.0. The van der Waals surface area contributed by atoms with Crippen LogP contribution < -0.4 is 5.32 Å². The molecule has 1 aromatic heterocycles. The second-order valence-electron chi connectivity index (χ2n) is 6.97. The summed E-state index contributed by atoms with van der Waals surface area (Å²) in [7, 11) is 2.04. The van der Waals surface area contributed by atoms with Crippen LogP contribution in [0.5, 0.6) is 0 Å². The van der Waals surface area contributed by atoms with Crippen LogP contribution in [0.3, 0.4) is 0 Å². The molecule has 0 amide bonds. The number of nitrogens with zero attached hydrogens (tertiary/aromatic N) is 2. The zero-order valence-electron chi connectivity index (χ0n) is 13.7. The number of piperidine rings is 1. The van der Waals surface area contributed by atoms with Gasteiger partial charge >= 0.3 is 0 Å². The molecular formula is C17H27N3O3. The van der Waals surface area contributed by atoms with Crippen molar-refractivity contribution >= 4 is 0 Å². The molecule has 0 radical (unpaired) electrons. The molecular weight excluding hydrogens is 294 g/mol. The van der Waals surface area contributed by atoms with Gasteiger partial charge in [-0.3, -0.25) is 4.90 Å². The minimum absolute atomic E-state index is 0.0556. The minimum atomic E-state index is -0.459. The Balaban J connectivity index is 1.46. The van der Waals surface area contributed by atoms with Crippen molar-refractivity contribution in [2.24, 2.45) is 7.05 Å². The molecule has 4 rings (SSSR count). The van der Waals surface area contributed by atoms with Crippen molar-refractivity contribution in [3.05, 3.63) is 24.0 Å². The fraction of sp³-hybridized carbons (Fsp3) is 0.765. The molecule has 1 aromatic rings. The highest BCUT2D eigenvalue weighted by Gasteiger charge is 2.51. The number of ether oxygens (including phenoxy) is 2. The average molecular weight is 321 g/mol. The SMILES string of the molecule is Cn1cccc1CN[C@@H]1[C@H](O)[C@@H](N2CCCCC2)[C@@H]2OC[C@@H]1O2. The Kier molecular flexibility index (Phi) is 4.43. The van der Waals surface area contributed by atoms with E-state index in [9.17, 15) is 5.11 Å². The van der Waals surface area contributed by atoms with Crippen molar-refractivity contribution in [1.29, 1.82) is 0 Å². The number of aliphatic hydroxyl groups is 1. The van der Waals surface area contributed by atoms with Crippen LogP contribution in [-0.4, -0.2) is 64.9 Å². The third-order valence-corrected chi connectivity index (χ3v) is 5.51. The number of hydrogen-bond acceptors (Lipinski definition) is 5. The summed E-state index contributed by atoms with van der Waals surface area (Å²) in [5.74, 6) is 0.